The molecule has 0 aliphatic rings. The summed E-state index contributed by atoms with van der Waals surface area (Å²) in [5.74, 6) is 0.804. The molecule has 1 atom stereocenters. The average Bonchev–Trinajstić information content (AvgIpc) is 2.49. The molecule has 0 radical (unpaired) electrons. The van der Waals surface area contributed by atoms with E-state index >= 15 is 0 Å². The Balaban J connectivity index is 2.27. The van der Waals surface area contributed by atoms with Crippen LogP contribution in [0.4, 0.5) is 0 Å². The second kappa shape index (κ2) is 6.70. The zero-order valence-corrected chi connectivity index (χ0v) is 11.7. The van der Waals surface area contributed by atoms with Crippen LogP contribution in [0.5, 0.6) is 5.75 Å². The van der Waals surface area contributed by atoms with E-state index in [1.807, 2.05) is 42.5 Å². The van der Waals surface area contributed by atoms with Gasteiger partial charge in [-0.15, -0.1) is 0 Å². The third kappa shape index (κ3) is 3.57. The van der Waals surface area contributed by atoms with E-state index in [0.717, 1.165) is 17.0 Å². The number of benzene rings is 1. The second-order valence-electron chi connectivity index (χ2n) is 4.52. The lowest BCUT2D eigenvalue weighted by Gasteiger charge is -2.17. The first-order valence-corrected chi connectivity index (χ1v) is 6.50. The van der Waals surface area contributed by atoms with E-state index in [4.69, 9.17) is 4.74 Å². The van der Waals surface area contributed by atoms with E-state index in [1.54, 1.807) is 13.3 Å². The summed E-state index contributed by atoms with van der Waals surface area (Å²) >= 11 is 0. The molecule has 104 valence electrons. The smallest absolute Gasteiger partial charge is 0.216 e. The maximum Gasteiger partial charge on any atom is 0.216 e. The van der Waals surface area contributed by atoms with Crippen LogP contribution in [0.1, 0.15) is 24.1 Å². The normalized spacial score (nSPS) is 11.7. The molecule has 1 aromatic heterocycles. The molecule has 0 saturated heterocycles. The Morgan fingerprint density at radius 2 is 2.00 bits per heavy atom. The van der Waals surface area contributed by atoms with Crippen molar-refractivity contribution >= 4 is 5.91 Å². The zero-order chi connectivity index (χ0) is 14.4. The number of methoxy groups -OCH3 is 1. The Morgan fingerprint density at radius 1 is 1.25 bits per heavy atom. The monoisotopic (exact) mass is 270 g/mol. The van der Waals surface area contributed by atoms with Crippen LogP contribution in [0.3, 0.4) is 0 Å². The van der Waals surface area contributed by atoms with Crippen LogP contribution in [0.25, 0.3) is 0 Å². The fourth-order valence-corrected chi connectivity index (χ4v) is 2.06. The van der Waals surface area contributed by atoms with E-state index in [2.05, 4.69) is 10.3 Å². The van der Waals surface area contributed by atoms with Gasteiger partial charge in [0.25, 0.3) is 0 Å². The molecule has 1 unspecified atom stereocenters. The van der Waals surface area contributed by atoms with Gasteiger partial charge < -0.3 is 10.1 Å². The number of carbonyl (C=O) groups is 1. The van der Waals surface area contributed by atoms with Gasteiger partial charge in [0, 0.05) is 31.3 Å². The summed E-state index contributed by atoms with van der Waals surface area (Å²) in [7, 11) is 1.64. The van der Waals surface area contributed by atoms with Crippen LogP contribution in [-0.2, 0) is 4.79 Å². The largest absolute Gasteiger partial charge is 0.497 e. The molecule has 0 aliphatic heterocycles. The fourth-order valence-electron chi connectivity index (χ4n) is 2.06. The number of hydrogen-bond donors (Lipinski definition) is 1. The van der Waals surface area contributed by atoms with Gasteiger partial charge in [-0.2, -0.15) is 0 Å². The number of nitrogens with one attached hydrogen (secondary N) is 1. The molecule has 0 aliphatic carbocycles. The van der Waals surface area contributed by atoms with Gasteiger partial charge in [-0.25, -0.2) is 0 Å². The summed E-state index contributed by atoms with van der Waals surface area (Å²) in [6, 6.07) is 13.6. The van der Waals surface area contributed by atoms with Crippen molar-refractivity contribution in [2.75, 3.05) is 13.7 Å². The molecular weight excluding hydrogens is 252 g/mol. The number of amides is 1. The van der Waals surface area contributed by atoms with Crippen LogP contribution in [0.2, 0.25) is 0 Å². The van der Waals surface area contributed by atoms with Gasteiger partial charge >= 0.3 is 0 Å². The molecule has 0 spiro atoms. The number of hydrogen-bond acceptors (Lipinski definition) is 3. The second-order valence-corrected chi connectivity index (χ2v) is 4.52. The van der Waals surface area contributed by atoms with Crippen molar-refractivity contribution < 1.29 is 9.53 Å². The summed E-state index contributed by atoms with van der Waals surface area (Å²) in [5, 5.41) is 2.86. The van der Waals surface area contributed by atoms with Gasteiger partial charge in [0.05, 0.1) is 7.11 Å². The summed E-state index contributed by atoms with van der Waals surface area (Å²) in [6.45, 7) is 2.04. The molecular formula is C16H18N2O2. The molecule has 1 N–H and O–H groups in total. The van der Waals surface area contributed by atoms with Crippen LogP contribution < -0.4 is 10.1 Å². The lowest BCUT2D eigenvalue weighted by Crippen LogP contribution is -2.26. The fraction of sp³-hybridized carbons (Fsp3) is 0.250. The minimum absolute atomic E-state index is 0.0333. The average molecular weight is 270 g/mol. The van der Waals surface area contributed by atoms with Crippen molar-refractivity contribution in [1.82, 2.24) is 10.3 Å². The Bertz CT molecular complexity index is 552. The molecule has 0 bridgehead atoms. The van der Waals surface area contributed by atoms with Crippen molar-refractivity contribution in [2.24, 2.45) is 0 Å². The quantitative estimate of drug-likeness (QED) is 0.907. The topological polar surface area (TPSA) is 51.2 Å². The van der Waals surface area contributed by atoms with Crippen LogP contribution >= 0.6 is 0 Å². The number of pyridine rings is 1. The minimum Gasteiger partial charge on any atom is -0.497 e. The molecule has 4 nitrogen and oxygen atoms in total. The SMILES string of the molecule is COc1ccc(C(CNC(C)=O)c2ccccn2)cc1. The lowest BCUT2D eigenvalue weighted by atomic mass is 9.95. The van der Waals surface area contributed by atoms with Crippen LogP contribution in [-0.4, -0.2) is 24.5 Å². The van der Waals surface area contributed by atoms with Crippen LogP contribution in [0, 0.1) is 0 Å². The van der Waals surface area contributed by atoms with E-state index in [9.17, 15) is 4.79 Å². The molecule has 2 aromatic rings. The third-order valence-electron chi connectivity index (χ3n) is 3.12. The first-order valence-electron chi connectivity index (χ1n) is 6.50. The first-order chi connectivity index (χ1) is 9.70. The number of ether oxygens (including phenoxy) is 1. The molecule has 4 heteroatoms. The van der Waals surface area contributed by atoms with E-state index in [1.165, 1.54) is 6.92 Å². The Labute approximate surface area is 118 Å². The van der Waals surface area contributed by atoms with E-state index in [0.29, 0.717) is 6.54 Å². The molecule has 2 rings (SSSR count). The summed E-state index contributed by atoms with van der Waals surface area (Å²) in [4.78, 5) is 15.6. The Morgan fingerprint density at radius 3 is 2.55 bits per heavy atom. The third-order valence-corrected chi connectivity index (χ3v) is 3.12. The lowest BCUT2D eigenvalue weighted by molar-refractivity contribution is -0.118. The molecule has 0 saturated carbocycles. The van der Waals surface area contributed by atoms with E-state index < -0.39 is 0 Å². The highest BCUT2D eigenvalue weighted by molar-refractivity contribution is 5.72. The summed E-state index contributed by atoms with van der Waals surface area (Å²) < 4.78 is 5.17. The first kappa shape index (κ1) is 14.1. The van der Waals surface area contributed by atoms with Crippen molar-refractivity contribution in [3.8, 4) is 5.75 Å². The van der Waals surface area contributed by atoms with Gasteiger partial charge in [-0.05, 0) is 29.8 Å². The van der Waals surface area contributed by atoms with E-state index in [-0.39, 0.29) is 11.8 Å². The molecule has 1 heterocycles. The van der Waals surface area contributed by atoms with Gasteiger partial charge in [-0.3, -0.25) is 9.78 Å². The number of nitrogens with zero attached hydrogens (tertiary/aromatic N) is 1. The predicted molar refractivity (Wildman–Crippen MR) is 77.8 cm³/mol. The molecule has 1 aromatic carbocycles. The van der Waals surface area contributed by atoms with Crippen molar-refractivity contribution in [1.29, 1.82) is 0 Å². The number of rotatable bonds is 5. The zero-order valence-electron chi connectivity index (χ0n) is 11.7. The number of carbonyl (C=O) groups excluding carboxylic acids is 1. The highest BCUT2D eigenvalue weighted by atomic mass is 16.5. The van der Waals surface area contributed by atoms with Crippen molar-refractivity contribution in [2.45, 2.75) is 12.8 Å². The Kier molecular flexibility index (Phi) is 4.71. The van der Waals surface area contributed by atoms with Gasteiger partial charge in [0.1, 0.15) is 5.75 Å². The summed E-state index contributed by atoms with van der Waals surface area (Å²) in [6.07, 6.45) is 1.76. The highest BCUT2D eigenvalue weighted by Crippen LogP contribution is 2.24. The Hall–Kier alpha value is -2.36. The predicted octanol–water partition coefficient (Wildman–Crippen LogP) is 2.36. The molecule has 0 fully saturated rings. The standard InChI is InChI=1S/C16H18N2O2/c1-12(19)18-11-15(16-5-3-4-10-17-16)13-6-8-14(20-2)9-7-13/h3-10,15H,11H2,1-2H3,(H,18,19). The van der Waals surface area contributed by atoms with Crippen molar-refractivity contribution in [3.63, 3.8) is 0 Å². The maximum absolute atomic E-state index is 11.2. The van der Waals surface area contributed by atoms with Gasteiger partial charge in [0.2, 0.25) is 5.91 Å². The van der Waals surface area contributed by atoms with Gasteiger partial charge in [0.15, 0.2) is 0 Å². The summed E-state index contributed by atoms with van der Waals surface area (Å²) in [5.41, 5.74) is 2.03. The van der Waals surface area contributed by atoms with Gasteiger partial charge in [-0.1, -0.05) is 18.2 Å². The van der Waals surface area contributed by atoms with Crippen molar-refractivity contribution in [3.05, 3.63) is 59.9 Å². The molecule has 20 heavy (non-hydrogen) atoms. The number of aromatic nitrogens is 1. The van der Waals surface area contributed by atoms with Crippen LogP contribution in [0.15, 0.2) is 48.7 Å². The molecule has 1 amide bonds. The highest BCUT2D eigenvalue weighted by Gasteiger charge is 2.15. The minimum atomic E-state index is -0.0422. The maximum atomic E-state index is 11.2.